The van der Waals surface area contributed by atoms with E-state index in [4.69, 9.17) is 4.74 Å². The monoisotopic (exact) mass is 358 g/mol. The standard InChI is InChI=1S/C18H18N2O2S2/c1-22-11-14-7-3-2-6-13(14)10-19-17(21)12-23-18-20-15-8-4-5-9-16(15)24-18/h2-9H,10-12H2,1H3,(H,19,21). The van der Waals surface area contributed by atoms with E-state index in [9.17, 15) is 4.79 Å². The highest BCUT2D eigenvalue weighted by atomic mass is 32.2. The smallest absolute Gasteiger partial charge is 0.230 e. The maximum Gasteiger partial charge on any atom is 0.230 e. The third kappa shape index (κ3) is 4.35. The maximum atomic E-state index is 12.1. The molecule has 2 aromatic carbocycles. The van der Waals surface area contributed by atoms with E-state index in [-0.39, 0.29) is 5.91 Å². The minimum absolute atomic E-state index is 0.00600. The molecule has 0 saturated carbocycles. The van der Waals surface area contributed by atoms with Crippen LogP contribution in [-0.2, 0) is 22.7 Å². The van der Waals surface area contributed by atoms with Crippen LogP contribution in [0.25, 0.3) is 10.2 Å². The van der Waals surface area contributed by atoms with Gasteiger partial charge in [-0.1, -0.05) is 48.2 Å². The lowest BCUT2D eigenvalue weighted by Gasteiger charge is -2.09. The van der Waals surface area contributed by atoms with Gasteiger partial charge in [0.05, 0.1) is 22.6 Å². The Morgan fingerprint density at radius 1 is 1.17 bits per heavy atom. The number of carbonyl (C=O) groups excluding carboxylic acids is 1. The molecule has 124 valence electrons. The van der Waals surface area contributed by atoms with Crippen LogP contribution in [-0.4, -0.2) is 23.8 Å². The number of rotatable bonds is 7. The molecule has 0 atom stereocenters. The Kier molecular flexibility index (Phi) is 5.85. The van der Waals surface area contributed by atoms with Gasteiger partial charge in [-0.3, -0.25) is 4.79 Å². The zero-order valence-corrected chi connectivity index (χ0v) is 15.0. The number of para-hydroxylation sites is 1. The molecular formula is C18H18N2O2S2. The number of hydrogen-bond donors (Lipinski definition) is 1. The zero-order chi connectivity index (χ0) is 16.8. The second-order valence-electron chi connectivity index (χ2n) is 5.21. The summed E-state index contributed by atoms with van der Waals surface area (Å²) >= 11 is 3.09. The number of hydrogen-bond acceptors (Lipinski definition) is 5. The van der Waals surface area contributed by atoms with Crippen LogP contribution in [0.1, 0.15) is 11.1 Å². The first-order chi connectivity index (χ1) is 11.8. The molecule has 3 rings (SSSR count). The average molecular weight is 358 g/mol. The summed E-state index contributed by atoms with van der Waals surface area (Å²) < 4.78 is 7.26. The Hall–Kier alpha value is -1.89. The molecule has 0 bridgehead atoms. The van der Waals surface area contributed by atoms with Crippen LogP contribution in [0.15, 0.2) is 52.9 Å². The SMILES string of the molecule is COCc1ccccc1CNC(=O)CSc1nc2ccccc2s1. The Morgan fingerprint density at radius 2 is 1.92 bits per heavy atom. The number of aromatic nitrogens is 1. The van der Waals surface area contributed by atoms with E-state index >= 15 is 0 Å². The predicted molar refractivity (Wildman–Crippen MR) is 99.3 cm³/mol. The highest BCUT2D eigenvalue weighted by Crippen LogP contribution is 2.29. The molecule has 3 aromatic rings. The first-order valence-electron chi connectivity index (χ1n) is 7.57. The molecule has 0 saturated heterocycles. The average Bonchev–Trinajstić information content (AvgIpc) is 3.02. The van der Waals surface area contributed by atoms with E-state index in [0.717, 1.165) is 25.7 Å². The second-order valence-corrected chi connectivity index (χ2v) is 7.47. The van der Waals surface area contributed by atoms with Gasteiger partial charge in [-0.2, -0.15) is 0 Å². The van der Waals surface area contributed by atoms with Crippen molar-refractivity contribution in [3.05, 3.63) is 59.7 Å². The molecule has 6 heteroatoms. The van der Waals surface area contributed by atoms with Gasteiger partial charge in [0.25, 0.3) is 0 Å². The lowest BCUT2D eigenvalue weighted by atomic mass is 10.1. The van der Waals surface area contributed by atoms with Crippen LogP contribution < -0.4 is 5.32 Å². The molecule has 24 heavy (non-hydrogen) atoms. The molecule has 0 fully saturated rings. The molecule has 0 aliphatic rings. The van der Waals surface area contributed by atoms with Gasteiger partial charge in [0.1, 0.15) is 0 Å². The van der Waals surface area contributed by atoms with E-state index in [1.807, 2.05) is 48.5 Å². The van der Waals surface area contributed by atoms with Crippen LogP contribution in [0.5, 0.6) is 0 Å². The van der Waals surface area contributed by atoms with E-state index in [0.29, 0.717) is 18.9 Å². The number of thiazole rings is 1. The van der Waals surface area contributed by atoms with Gasteiger partial charge in [-0.05, 0) is 23.3 Å². The lowest BCUT2D eigenvalue weighted by Crippen LogP contribution is -2.25. The Bertz CT molecular complexity index is 800. The van der Waals surface area contributed by atoms with Gasteiger partial charge in [-0.15, -0.1) is 11.3 Å². The van der Waals surface area contributed by atoms with Gasteiger partial charge >= 0.3 is 0 Å². The summed E-state index contributed by atoms with van der Waals surface area (Å²) in [5.41, 5.74) is 3.16. The van der Waals surface area contributed by atoms with Crippen LogP contribution >= 0.6 is 23.1 Å². The van der Waals surface area contributed by atoms with Crippen molar-refractivity contribution in [2.75, 3.05) is 12.9 Å². The molecule has 1 amide bonds. The Morgan fingerprint density at radius 3 is 2.71 bits per heavy atom. The molecule has 0 spiro atoms. The first kappa shape index (κ1) is 17.0. The fraction of sp³-hybridized carbons (Fsp3) is 0.222. The minimum atomic E-state index is 0.00600. The molecule has 0 aliphatic heterocycles. The van der Waals surface area contributed by atoms with Gasteiger partial charge in [0, 0.05) is 13.7 Å². The topological polar surface area (TPSA) is 51.2 Å². The van der Waals surface area contributed by atoms with Crippen LogP contribution in [0.4, 0.5) is 0 Å². The first-order valence-corrected chi connectivity index (χ1v) is 9.37. The van der Waals surface area contributed by atoms with Crippen LogP contribution in [0.2, 0.25) is 0 Å². The van der Waals surface area contributed by atoms with Crippen molar-refractivity contribution >= 4 is 39.2 Å². The van der Waals surface area contributed by atoms with E-state index < -0.39 is 0 Å². The van der Waals surface area contributed by atoms with Crippen molar-refractivity contribution in [3.8, 4) is 0 Å². The molecule has 0 unspecified atom stereocenters. The zero-order valence-electron chi connectivity index (χ0n) is 13.3. The quantitative estimate of drug-likeness (QED) is 0.652. The number of thioether (sulfide) groups is 1. The molecule has 0 aliphatic carbocycles. The van der Waals surface area contributed by atoms with Crippen molar-refractivity contribution < 1.29 is 9.53 Å². The second kappa shape index (κ2) is 8.28. The largest absolute Gasteiger partial charge is 0.380 e. The molecule has 1 N–H and O–H groups in total. The number of ether oxygens (including phenoxy) is 1. The summed E-state index contributed by atoms with van der Waals surface area (Å²) in [5, 5.41) is 2.96. The number of nitrogens with one attached hydrogen (secondary N) is 1. The summed E-state index contributed by atoms with van der Waals surface area (Å²) in [6, 6.07) is 16.0. The molecule has 0 radical (unpaired) electrons. The fourth-order valence-electron chi connectivity index (χ4n) is 2.31. The Balaban J connectivity index is 1.52. The number of fused-ring (bicyclic) bond motifs is 1. The number of benzene rings is 2. The minimum Gasteiger partial charge on any atom is -0.380 e. The van der Waals surface area contributed by atoms with Crippen LogP contribution in [0.3, 0.4) is 0 Å². The van der Waals surface area contributed by atoms with Gasteiger partial charge < -0.3 is 10.1 Å². The highest BCUT2D eigenvalue weighted by Gasteiger charge is 2.08. The van der Waals surface area contributed by atoms with Crippen molar-refractivity contribution in [1.82, 2.24) is 10.3 Å². The maximum absolute atomic E-state index is 12.1. The predicted octanol–water partition coefficient (Wildman–Crippen LogP) is 3.85. The molecule has 1 aromatic heterocycles. The van der Waals surface area contributed by atoms with Gasteiger partial charge in [-0.25, -0.2) is 4.98 Å². The third-order valence-electron chi connectivity index (χ3n) is 3.50. The van der Waals surface area contributed by atoms with Crippen molar-refractivity contribution in [2.45, 2.75) is 17.5 Å². The number of nitrogens with zero attached hydrogens (tertiary/aromatic N) is 1. The van der Waals surface area contributed by atoms with Crippen LogP contribution in [0, 0.1) is 0 Å². The lowest BCUT2D eigenvalue weighted by molar-refractivity contribution is -0.118. The highest BCUT2D eigenvalue weighted by molar-refractivity contribution is 8.01. The normalized spacial score (nSPS) is 10.9. The summed E-state index contributed by atoms with van der Waals surface area (Å²) in [6.07, 6.45) is 0. The molecule has 4 nitrogen and oxygen atoms in total. The summed E-state index contributed by atoms with van der Waals surface area (Å²) in [7, 11) is 1.67. The fourth-order valence-corrected chi connectivity index (χ4v) is 4.21. The third-order valence-corrected chi connectivity index (χ3v) is 5.67. The number of amides is 1. The van der Waals surface area contributed by atoms with Crippen molar-refractivity contribution in [3.63, 3.8) is 0 Å². The molecular weight excluding hydrogens is 340 g/mol. The summed E-state index contributed by atoms with van der Waals surface area (Å²) in [4.78, 5) is 16.6. The van der Waals surface area contributed by atoms with Gasteiger partial charge in [0.2, 0.25) is 5.91 Å². The van der Waals surface area contributed by atoms with Crippen molar-refractivity contribution in [1.29, 1.82) is 0 Å². The van der Waals surface area contributed by atoms with E-state index in [2.05, 4.69) is 10.3 Å². The Labute approximate surface area is 149 Å². The summed E-state index contributed by atoms with van der Waals surface area (Å²) in [6.45, 7) is 1.06. The van der Waals surface area contributed by atoms with Gasteiger partial charge in [0.15, 0.2) is 4.34 Å². The van der Waals surface area contributed by atoms with E-state index in [1.54, 1.807) is 18.4 Å². The molecule has 1 heterocycles. The number of methoxy groups -OCH3 is 1. The number of carbonyl (C=O) groups is 1. The summed E-state index contributed by atoms with van der Waals surface area (Å²) in [5.74, 6) is 0.373. The van der Waals surface area contributed by atoms with Crippen molar-refractivity contribution in [2.24, 2.45) is 0 Å². The van der Waals surface area contributed by atoms with E-state index in [1.165, 1.54) is 11.8 Å².